The Bertz CT molecular complexity index is 2000. The molecule has 4 aromatic carbocycles. The van der Waals surface area contributed by atoms with Crippen LogP contribution < -0.4 is 5.32 Å². The second kappa shape index (κ2) is 10.4. The first-order valence-corrected chi connectivity index (χ1v) is 13.5. The zero-order valence-electron chi connectivity index (χ0n) is 22.6. The maximum Gasteiger partial charge on any atom is 0.335 e. The summed E-state index contributed by atoms with van der Waals surface area (Å²) in [7, 11) is 0. The van der Waals surface area contributed by atoms with Crippen LogP contribution in [0.25, 0.3) is 44.9 Å². The van der Waals surface area contributed by atoms with Crippen LogP contribution in [0.1, 0.15) is 33.4 Å². The van der Waals surface area contributed by atoms with Crippen LogP contribution in [0.15, 0.2) is 116 Å². The molecule has 1 atom stereocenters. The van der Waals surface area contributed by atoms with Gasteiger partial charge in [-0.2, -0.15) is 0 Å². The third kappa shape index (κ3) is 4.79. The first-order chi connectivity index (χ1) is 20.5. The Hall–Kier alpha value is -5.63. The topological polar surface area (TPSA) is 115 Å². The van der Waals surface area contributed by atoms with Gasteiger partial charge in [-0.05, 0) is 55.0 Å². The summed E-state index contributed by atoms with van der Waals surface area (Å²) in [6.45, 7) is 1.97. The van der Waals surface area contributed by atoms with E-state index in [1.165, 1.54) is 0 Å². The predicted molar refractivity (Wildman–Crippen MR) is 159 cm³/mol. The Kier molecular flexibility index (Phi) is 6.28. The fraction of sp³-hybridized carbons (Fsp3) is 0.0882. The van der Waals surface area contributed by atoms with Crippen molar-refractivity contribution in [1.82, 2.24) is 10.2 Å². The molecule has 0 aliphatic rings. The zero-order chi connectivity index (χ0) is 28.6. The molecule has 7 rings (SSSR count). The van der Waals surface area contributed by atoms with Crippen LogP contribution in [0, 0.1) is 6.92 Å². The van der Waals surface area contributed by atoms with Crippen molar-refractivity contribution in [3.05, 3.63) is 126 Å². The van der Waals surface area contributed by atoms with E-state index in [0.717, 1.165) is 50.1 Å². The number of aromatic carboxylic acids is 1. The third-order valence-corrected chi connectivity index (χ3v) is 7.35. The van der Waals surface area contributed by atoms with E-state index in [9.17, 15) is 9.90 Å². The highest BCUT2D eigenvalue weighted by atomic mass is 16.4. The molecular weight excluding hydrogens is 530 g/mol. The van der Waals surface area contributed by atoms with Crippen LogP contribution in [-0.2, 0) is 6.42 Å². The number of aryl methyl sites for hydroxylation is 1. The van der Waals surface area contributed by atoms with E-state index in [4.69, 9.17) is 13.3 Å². The average molecular weight is 556 g/mol. The molecule has 0 aliphatic heterocycles. The van der Waals surface area contributed by atoms with Gasteiger partial charge in [0.1, 0.15) is 23.0 Å². The standard InChI is InChI=1S/C34H25N3O5/c1-20-26-7-3-5-9-29(26)41-31(20)33-37-36-32(42-33)27(35-25-16-14-23(15-17-25)34(38)39)18-21-10-12-22(13-11-21)30-19-24-6-2-4-8-28(24)40-30/h2-17,19,27,35H,18H2,1H3,(H,38,39). The molecule has 3 heterocycles. The summed E-state index contributed by atoms with van der Waals surface area (Å²) in [5.74, 6) is 1.04. The molecule has 0 amide bonds. The number of benzene rings is 4. The van der Waals surface area contributed by atoms with Crippen LogP contribution in [0.4, 0.5) is 5.69 Å². The monoisotopic (exact) mass is 555 g/mol. The minimum absolute atomic E-state index is 0.207. The molecule has 0 spiro atoms. The average Bonchev–Trinajstić information content (AvgIpc) is 3.75. The molecule has 0 saturated heterocycles. The fourth-order valence-electron chi connectivity index (χ4n) is 5.12. The van der Waals surface area contributed by atoms with Crippen molar-refractivity contribution in [1.29, 1.82) is 0 Å². The van der Waals surface area contributed by atoms with Gasteiger partial charge in [-0.25, -0.2) is 4.79 Å². The number of para-hydroxylation sites is 2. The fourth-order valence-corrected chi connectivity index (χ4v) is 5.12. The van der Waals surface area contributed by atoms with Crippen molar-refractivity contribution in [2.45, 2.75) is 19.4 Å². The summed E-state index contributed by atoms with van der Waals surface area (Å²) >= 11 is 0. The van der Waals surface area contributed by atoms with Gasteiger partial charge < -0.3 is 23.7 Å². The van der Waals surface area contributed by atoms with E-state index in [2.05, 4.69) is 15.5 Å². The van der Waals surface area contributed by atoms with Gasteiger partial charge in [0.05, 0.1) is 5.56 Å². The van der Waals surface area contributed by atoms with Crippen molar-refractivity contribution < 1.29 is 23.2 Å². The van der Waals surface area contributed by atoms with E-state index in [0.29, 0.717) is 24.0 Å². The molecule has 206 valence electrons. The van der Waals surface area contributed by atoms with Crippen LogP contribution in [-0.4, -0.2) is 21.3 Å². The number of aromatic nitrogens is 2. The Morgan fingerprint density at radius 2 is 1.57 bits per heavy atom. The van der Waals surface area contributed by atoms with Crippen molar-refractivity contribution in [2.24, 2.45) is 0 Å². The Morgan fingerprint density at radius 3 is 2.31 bits per heavy atom. The number of hydrogen-bond donors (Lipinski definition) is 2. The molecule has 0 bridgehead atoms. The maximum atomic E-state index is 11.3. The van der Waals surface area contributed by atoms with Gasteiger partial charge in [-0.1, -0.05) is 60.7 Å². The van der Waals surface area contributed by atoms with Crippen LogP contribution in [0.2, 0.25) is 0 Å². The van der Waals surface area contributed by atoms with E-state index < -0.39 is 12.0 Å². The number of rotatable bonds is 8. The predicted octanol–water partition coefficient (Wildman–Crippen LogP) is 8.30. The van der Waals surface area contributed by atoms with Crippen LogP contribution in [0.3, 0.4) is 0 Å². The Morgan fingerprint density at radius 1 is 0.833 bits per heavy atom. The highest BCUT2D eigenvalue weighted by Gasteiger charge is 2.24. The Labute approximate surface area is 240 Å². The van der Waals surface area contributed by atoms with Crippen LogP contribution >= 0.6 is 0 Å². The van der Waals surface area contributed by atoms with Gasteiger partial charge >= 0.3 is 5.97 Å². The van der Waals surface area contributed by atoms with E-state index in [-0.39, 0.29) is 5.56 Å². The molecule has 1 unspecified atom stereocenters. The minimum Gasteiger partial charge on any atom is -0.478 e. The highest BCUT2D eigenvalue weighted by Crippen LogP contribution is 2.34. The normalized spacial score (nSPS) is 12.1. The Balaban J connectivity index is 1.19. The van der Waals surface area contributed by atoms with E-state index >= 15 is 0 Å². The van der Waals surface area contributed by atoms with Gasteiger partial charge in [-0.3, -0.25) is 0 Å². The second-order valence-corrected chi connectivity index (χ2v) is 10.1. The number of carboxylic acids is 1. The quantitative estimate of drug-likeness (QED) is 0.192. The molecule has 0 saturated carbocycles. The first-order valence-electron chi connectivity index (χ1n) is 13.5. The molecule has 3 aromatic heterocycles. The number of hydrogen-bond acceptors (Lipinski definition) is 7. The van der Waals surface area contributed by atoms with Gasteiger partial charge in [0.15, 0.2) is 5.76 Å². The van der Waals surface area contributed by atoms with Gasteiger partial charge in [0.25, 0.3) is 5.89 Å². The molecule has 0 aliphatic carbocycles. The van der Waals surface area contributed by atoms with Crippen molar-refractivity contribution >= 4 is 33.6 Å². The van der Waals surface area contributed by atoms with Crippen LogP contribution in [0.5, 0.6) is 0 Å². The SMILES string of the molecule is Cc1c(-c2nnc(C(Cc3ccc(-c4cc5ccccc5o4)cc3)Nc3ccc(C(=O)O)cc3)o2)oc2ccccc12. The van der Waals surface area contributed by atoms with E-state index in [1.807, 2.05) is 85.8 Å². The van der Waals surface area contributed by atoms with Gasteiger partial charge in [0, 0.05) is 34.0 Å². The largest absolute Gasteiger partial charge is 0.478 e. The number of fused-ring (bicyclic) bond motifs is 2. The lowest BCUT2D eigenvalue weighted by Gasteiger charge is -2.17. The molecule has 7 aromatic rings. The van der Waals surface area contributed by atoms with Crippen molar-refractivity contribution in [3.8, 4) is 23.0 Å². The van der Waals surface area contributed by atoms with Gasteiger partial charge in [0.2, 0.25) is 5.89 Å². The third-order valence-electron chi connectivity index (χ3n) is 7.35. The first kappa shape index (κ1) is 25.3. The highest BCUT2D eigenvalue weighted by molar-refractivity contribution is 5.88. The maximum absolute atomic E-state index is 11.3. The lowest BCUT2D eigenvalue weighted by atomic mass is 10.0. The smallest absolute Gasteiger partial charge is 0.335 e. The molecule has 0 radical (unpaired) electrons. The summed E-state index contributed by atoms with van der Waals surface area (Å²) in [6.07, 6.45) is 0.530. The summed E-state index contributed by atoms with van der Waals surface area (Å²) in [5, 5.41) is 23.5. The number of nitrogens with one attached hydrogen (secondary N) is 1. The number of nitrogens with zero attached hydrogens (tertiary/aromatic N) is 2. The number of furan rings is 2. The number of carboxylic acid groups (broad SMARTS) is 1. The number of carbonyl (C=O) groups is 1. The molecular formula is C34H25N3O5. The molecule has 0 fully saturated rings. The minimum atomic E-state index is -0.981. The van der Waals surface area contributed by atoms with E-state index in [1.54, 1.807) is 24.3 Å². The number of anilines is 1. The molecule has 8 nitrogen and oxygen atoms in total. The second-order valence-electron chi connectivity index (χ2n) is 10.1. The lowest BCUT2D eigenvalue weighted by Crippen LogP contribution is -2.14. The summed E-state index contributed by atoms with van der Waals surface area (Å²) in [6, 6.07) is 32.1. The van der Waals surface area contributed by atoms with Gasteiger partial charge in [-0.15, -0.1) is 10.2 Å². The lowest BCUT2D eigenvalue weighted by molar-refractivity contribution is 0.0697. The molecule has 2 N–H and O–H groups in total. The van der Waals surface area contributed by atoms with Crippen molar-refractivity contribution in [2.75, 3.05) is 5.32 Å². The summed E-state index contributed by atoms with van der Waals surface area (Å²) in [5.41, 5.74) is 5.47. The molecule has 42 heavy (non-hydrogen) atoms. The summed E-state index contributed by atoms with van der Waals surface area (Å²) in [4.78, 5) is 11.3. The zero-order valence-corrected chi connectivity index (χ0v) is 22.6. The molecule has 8 heteroatoms. The summed E-state index contributed by atoms with van der Waals surface area (Å²) < 4.78 is 18.3. The van der Waals surface area contributed by atoms with Crippen molar-refractivity contribution in [3.63, 3.8) is 0 Å².